The molecule has 1 N–H and O–H groups in total. The van der Waals surface area contributed by atoms with E-state index in [0.29, 0.717) is 5.56 Å². The summed E-state index contributed by atoms with van der Waals surface area (Å²) in [4.78, 5) is 22.4. The Hall–Kier alpha value is -2.62. The quantitative estimate of drug-likeness (QED) is 0.906. The molecule has 20 heavy (non-hydrogen) atoms. The molecule has 2 aromatic rings. The smallest absolute Gasteiger partial charge is 0.251 e. The summed E-state index contributed by atoms with van der Waals surface area (Å²) in [6.45, 7) is 1.37. The second kappa shape index (κ2) is 6.02. The fourth-order valence-electron chi connectivity index (χ4n) is 1.78. The summed E-state index contributed by atoms with van der Waals surface area (Å²) in [6, 6.07) is 15.7. The first-order valence-corrected chi connectivity index (χ1v) is 6.25. The molecule has 0 aliphatic heterocycles. The van der Waals surface area contributed by atoms with Crippen LogP contribution in [0.4, 0.5) is 0 Å². The van der Waals surface area contributed by atoms with Crippen molar-refractivity contribution < 1.29 is 14.7 Å². The molecule has 0 aliphatic carbocycles. The molecular weight excluding hydrogens is 254 g/mol. The van der Waals surface area contributed by atoms with Crippen molar-refractivity contribution in [3.05, 3.63) is 60.2 Å². The molecule has 1 amide bonds. The molecule has 0 radical (unpaired) electrons. The molecule has 0 aliphatic rings. The molecule has 0 heterocycles. The van der Waals surface area contributed by atoms with Crippen molar-refractivity contribution in [2.75, 3.05) is 0 Å². The van der Waals surface area contributed by atoms with Crippen LogP contribution in [0.1, 0.15) is 17.3 Å². The molecule has 0 bridgehead atoms. The maximum atomic E-state index is 11.8. The highest BCUT2D eigenvalue weighted by atomic mass is 16.4. The summed E-state index contributed by atoms with van der Waals surface area (Å²) in [6.07, 6.45) is 0. The van der Waals surface area contributed by atoms with Gasteiger partial charge in [-0.1, -0.05) is 42.5 Å². The third kappa shape index (κ3) is 3.23. The first-order chi connectivity index (χ1) is 9.58. The summed E-state index contributed by atoms with van der Waals surface area (Å²) in [5.41, 5.74) is 2.47. The van der Waals surface area contributed by atoms with Gasteiger partial charge in [0.15, 0.2) is 0 Å². The normalized spacial score (nSPS) is 11.7. The van der Waals surface area contributed by atoms with Gasteiger partial charge in [0, 0.05) is 5.56 Å². The lowest BCUT2D eigenvalue weighted by Gasteiger charge is -2.14. The van der Waals surface area contributed by atoms with E-state index in [1.54, 1.807) is 12.1 Å². The summed E-state index contributed by atoms with van der Waals surface area (Å²) in [5.74, 6) is -1.74. The second-order valence-corrected chi connectivity index (χ2v) is 4.46. The largest absolute Gasteiger partial charge is 0.548 e. The molecular formula is C16H14NO3-. The number of hydrogen-bond acceptors (Lipinski definition) is 3. The van der Waals surface area contributed by atoms with Crippen LogP contribution in [0, 0.1) is 0 Å². The van der Waals surface area contributed by atoms with Gasteiger partial charge < -0.3 is 15.2 Å². The van der Waals surface area contributed by atoms with Crippen LogP contribution in [0.15, 0.2) is 54.6 Å². The van der Waals surface area contributed by atoms with Crippen molar-refractivity contribution >= 4 is 11.9 Å². The molecule has 4 nitrogen and oxygen atoms in total. The van der Waals surface area contributed by atoms with E-state index in [2.05, 4.69) is 5.32 Å². The van der Waals surface area contributed by atoms with Crippen molar-refractivity contribution in [2.45, 2.75) is 13.0 Å². The molecule has 0 saturated carbocycles. The standard InChI is InChI=1S/C16H15NO3/c1-11(16(19)20)17-15(18)14-9-7-13(8-10-14)12-5-3-2-4-6-12/h2-11H,1H3,(H,17,18)(H,19,20)/p-1/t11-/m0/s1. The Bertz CT molecular complexity index is 605. The minimum Gasteiger partial charge on any atom is -0.548 e. The molecule has 0 spiro atoms. The molecule has 0 unspecified atom stereocenters. The van der Waals surface area contributed by atoms with Crippen LogP contribution in [0.5, 0.6) is 0 Å². The Labute approximate surface area is 117 Å². The van der Waals surface area contributed by atoms with E-state index in [1.165, 1.54) is 6.92 Å². The number of amides is 1. The topological polar surface area (TPSA) is 69.2 Å². The van der Waals surface area contributed by atoms with E-state index in [0.717, 1.165) is 11.1 Å². The zero-order valence-corrected chi connectivity index (χ0v) is 11.0. The van der Waals surface area contributed by atoms with Gasteiger partial charge in [0.25, 0.3) is 5.91 Å². The molecule has 1 atom stereocenters. The van der Waals surface area contributed by atoms with Crippen LogP contribution in [0.2, 0.25) is 0 Å². The minimum atomic E-state index is -1.31. The van der Waals surface area contributed by atoms with E-state index in [4.69, 9.17) is 0 Å². The average molecular weight is 268 g/mol. The Balaban J connectivity index is 2.12. The monoisotopic (exact) mass is 268 g/mol. The number of carboxylic acid groups (broad SMARTS) is 1. The fraction of sp³-hybridized carbons (Fsp3) is 0.125. The first kappa shape index (κ1) is 13.8. The Morgan fingerprint density at radius 3 is 2.05 bits per heavy atom. The highest BCUT2D eigenvalue weighted by Crippen LogP contribution is 2.19. The van der Waals surface area contributed by atoms with Gasteiger partial charge in [-0.25, -0.2) is 0 Å². The van der Waals surface area contributed by atoms with E-state index >= 15 is 0 Å². The number of carbonyl (C=O) groups is 2. The van der Waals surface area contributed by atoms with E-state index < -0.39 is 17.9 Å². The van der Waals surface area contributed by atoms with Crippen LogP contribution in [0.3, 0.4) is 0 Å². The van der Waals surface area contributed by atoms with Crippen molar-refractivity contribution in [1.29, 1.82) is 0 Å². The van der Waals surface area contributed by atoms with Gasteiger partial charge in [0.2, 0.25) is 0 Å². The number of carboxylic acids is 1. The van der Waals surface area contributed by atoms with Crippen molar-refractivity contribution in [1.82, 2.24) is 5.32 Å². The van der Waals surface area contributed by atoms with E-state index in [-0.39, 0.29) is 0 Å². The predicted octanol–water partition coefficient (Wildman–Crippen LogP) is 1.22. The predicted molar refractivity (Wildman–Crippen MR) is 73.8 cm³/mol. The lowest BCUT2D eigenvalue weighted by Crippen LogP contribution is -2.45. The highest BCUT2D eigenvalue weighted by Gasteiger charge is 2.10. The zero-order valence-electron chi connectivity index (χ0n) is 11.0. The van der Waals surface area contributed by atoms with Gasteiger partial charge >= 0.3 is 0 Å². The lowest BCUT2D eigenvalue weighted by atomic mass is 10.0. The van der Waals surface area contributed by atoms with Crippen molar-refractivity contribution in [3.8, 4) is 11.1 Å². The molecule has 0 saturated heterocycles. The number of rotatable bonds is 4. The van der Waals surface area contributed by atoms with Gasteiger partial charge in [0.1, 0.15) is 0 Å². The van der Waals surface area contributed by atoms with Crippen molar-refractivity contribution in [2.24, 2.45) is 0 Å². The van der Waals surface area contributed by atoms with E-state index in [9.17, 15) is 14.7 Å². The maximum absolute atomic E-state index is 11.8. The van der Waals surface area contributed by atoms with Gasteiger partial charge in [-0.15, -0.1) is 0 Å². The Morgan fingerprint density at radius 2 is 1.50 bits per heavy atom. The SMILES string of the molecule is C[C@H](NC(=O)c1ccc(-c2ccccc2)cc1)C(=O)[O-]. The Kier molecular flexibility index (Phi) is 4.15. The number of carbonyl (C=O) groups excluding carboxylic acids is 2. The molecule has 2 aromatic carbocycles. The van der Waals surface area contributed by atoms with Gasteiger partial charge in [-0.2, -0.15) is 0 Å². The van der Waals surface area contributed by atoms with Crippen LogP contribution in [-0.2, 0) is 4.79 Å². The number of aliphatic carboxylic acids is 1. The second-order valence-electron chi connectivity index (χ2n) is 4.46. The van der Waals surface area contributed by atoms with Crippen LogP contribution in [0.25, 0.3) is 11.1 Å². The highest BCUT2D eigenvalue weighted by molar-refractivity contribution is 5.96. The minimum absolute atomic E-state index is 0.415. The number of nitrogens with one attached hydrogen (secondary N) is 1. The zero-order chi connectivity index (χ0) is 14.5. The average Bonchev–Trinajstić information content (AvgIpc) is 2.48. The van der Waals surface area contributed by atoms with Crippen LogP contribution in [-0.4, -0.2) is 17.9 Å². The summed E-state index contributed by atoms with van der Waals surface area (Å²) >= 11 is 0. The molecule has 0 fully saturated rings. The van der Waals surface area contributed by atoms with Gasteiger partial charge in [0.05, 0.1) is 12.0 Å². The molecule has 4 heteroatoms. The number of hydrogen-bond donors (Lipinski definition) is 1. The van der Waals surface area contributed by atoms with Gasteiger partial charge in [-0.3, -0.25) is 4.79 Å². The molecule has 2 rings (SSSR count). The van der Waals surface area contributed by atoms with Gasteiger partial charge in [-0.05, 0) is 30.2 Å². The summed E-state index contributed by atoms with van der Waals surface area (Å²) in [7, 11) is 0. The maximum Gasteiger partial charge on any atom is 0.251 e. The first-order valence-electron chi connectivity index (χ1n) is 6.25. The van der Waals surface area contributed by atoms with E-state index in [1.807, 2.05) is 42.5 Å². The summed E-state index contributed by atoms with van der Waals surface area (Å²) < 4.78 is 0. The molecule has 0 aromatic heterocycles. The Morgan fingerprint density at radius 1 is 0.950 bits per heavy atom. The molecule has 102 valence electrons. The third-order valence-electron chi connectivity index (χ3n) is 2.96. The van der Waals surface area contributed by atoms with Crippen LogP contribution < -0.4 is 10.4 Å². The lowest BCUT2D eigenvalue weighted by molar-refractivity contribution is -0.307. The van der Waals surface area contributed by atoms with Crippen LogP contribution >= 0.6 is 0 Å². The number of benzene rings is 2. The third-order valence-corrected chi connectivity index (χ3v) is 2.96. The summed E-state index contributed by atoms with van der Waals surface area (Å²) in [5, 5.41) is 12.9. The van der Waals surface area contributed by atoms with Crippen molar-refractivity contribution in [3.63, 3.8) is 0 Å². The fourth-order valence-corrected chi connectivity index (χ4v) is 1.78.